The van der Waals surface area contributed by atoms with Crippen LogP contribution < -0.4 is 24.4 Å². The van der Waals surface area contributed by atoms with Gasteiger partial charge in [0.25, 0.3) is 5.91 Å². The molecule has 2 bridgehead atoms. The molecule has 254 valence electrons. The lowest BCUT2D eigenvalue weighted by molar-refractivity contribution is -0.121. The van der Waals surface area contributed by atoms with Crippen LogP contribution in [0, 0.1) is 5.92 Å². The molecule has 2 aromatic carbocycles. The molecule has 3 aromatic rings. The molecule has 13 heteroatoms. The zero-order chi connectivity index (χ0) is 33.7. The highest BCUT2D eigenvalue weighted by Gasteiger charge is 2.27. The van der Waals surface area contributed by atoms with Crippen LogP contribution in [0.25, 0.3) is 10.9 Å². The van der Waals surface area contributed by atoms with Gasteiger partial charge in [0.15, 0.2) is 21.3 Å². The Balaban J connectivity index is 1.54. The maximum Gasteiger partial charge on any atom is 0.253 e. The lowest BCUT2D eigenvalue weighted by Gasteiger charge is -2.35. The topological polar surface area (TPSA) is 131 Å². The number of pyridine rings is 1. The van der Waals surface area contributed by atoms with E-state index in [9.17, 15) is 18.0 Å². The lowest BCUT2D eigenvalue weighted by Crippen LogP contribution is -2.42. The summed E-state index contributed by atoms with van der Waals surface area (Å²) in [5, 5.41) is 3.90. The van der Waals surface area contributed by atoms with Crippen LogP contribution in [0.4, 0.5) is 5.82 Å². The summed E-state index contributed by atoms with van der Waals surface area (Å²) in [6, 6.07) is 10.1. The second-order valence-electron chi connectivity index (χ2n) is 12.2. The number of rotatable bonds is 6. The fraction of sp³-hybridized carbons (Fsp3) is 0.500. The lowest BCUT2D eigenvalue weighted by atomic mass is 9.97. The Morgan fingerprint density at radius 1 is 1.02 bits per heavy atom. The van der Waals surface area contributed by atoms with Gasteiger partial charge in [-0.25, -0.2) is 13.4 Å². The van der Waals surface area contributed by atoms with E-state index in [4.69, 9.17) is 19.2 Å². The van der Waals surface area contributed by atoms with Crippen LogP contribution in [-0.2, 0) is 21.2 Å². The highest BCUT2D eigenvalue weighted by atomic mass is 32.2. The fourth-order valence-electron chi connectivity index (χ4n) is 6.43. The van der Waals surface area contributed by atoms with Crippen molar-refractivity contribution in [3.8, 4) is 17.2 Å². The molecule has 12 nitrogen and oxygen atoms in total. The third-order valence-corrected chi connectivity index (χ3v) is 10.1. The Hall–Kier alpha value is -4.10. The minimum absolute atomic E-state index is 0.0803. The number of hydrogen-bond acceptors (Lipinski definition) is 10. The number of carbonyl (C=O) groups excluding carboxylic acids is 2. The smallest absolute Gasteiger partial charge is 0.253 e. The largest absolute Gasteiger partial charge is 0.493 e. The molecular formula is C34H45N5O7S. The number of hydrogen-bond donors (Lipinski definition) is 1. The number of carbonyl (C=O) groups is 2. The van der Waals surface area contributed by atoms with Gasteiger partial charge in [-0.2, -0.15) is 0 Å². The van der Waals surface area contributed by atoms with E-state index in [1.807, 2.05) is 6.07 Å². The second-order valence-corrected chi connectivity index (χ2v) is 14.2. The van der Waals surface area contributed by atoms with E-state index in [1.165, 1.54) is 12.1 Å². The number of methoxy groups -OCH3 is 3. The molecule has 1 saturated heterocycles. The first-order valence-electron chi connectivity index (χ1n) is 16.0. The first kappa shape index (κ1) is 34.2. The Morgan fingerprint density at radius 2 is 1.81 bits per heavy atom. The number of benzene rings is 2. The van der Waals surface area contributed by atoms with Gasteiger partial charge in [0.1, 0.15) is 5.82 Å². The maximum absolute atomic E-state index is 13.8. The Bertz CT molecular complexity index is 1730. The van der Waals surface area contributed by atoms with E-state index in [1.54, 1.807) is 38.4 Å². The van der Waals surface area contributed by atoms with Crippen molar-refractivity contribution in [1.29, 1.82) is 0 Å². The molecule has 1 unspecified atom stereocenters. The predicted molar refractivity (Wildman–Crippen MR) is 180 cm³/mol. The van der Waals surface area contributed by atoms with Crippen molar-refractivity contribution in [1.82, 2.24) is 20.1 Å². The molecule has 1 aromatic heterocycles. The number of fused-ring (bicyclic) bond motifs is 5. The number of piperidine rings is 1. The second kappa shape index (κ2) is 14.8. The highest BCUT2D eigenvalue weighted by Crippen LogP contribution is 2.44. The number of aromatic nitrogens is 1. The number of nitrogens with zero attached hydrogens (tertiary/aromatic N) is 4. The molecule has 1 fully saturated rings. The van der Waals surface area contributed by atoms with Gasteiger partial charge in [-0.3, -0.25) is 14.5 Å². The van der Waals surface area contributed by atoms with Crippen molar-refractivity contribution in [3.63, 3.8) is 0 Å². The van der Waals surface area contributed by atoms with Gasteiger partial charge in [0.05, 0.1) is 31.7 Å². The summed E-state index contributed by atoms with van der Waals surface area (Å²) in [6.45, 7) is 6.56. The summed E-state index contributed by atoms with van der Waals surface area (Å²) >= 11 is 0. The summed E-state index contributed by atoms with van der Waals surface area (Å²) < 4.78 is 41.5. The third-order valence-electron chi connectivity index (χ3n) is 9.02. The van der Waals surface area contributed by atoms with Crippen LogP contribution in [0.1, 0.15) is 42.1 Å². The normalized spacial score (nSPS) is 18.5. The van der Waals surface area contributed by atoms with Gasteiger partial charge >= 0.3 is 0 Å². The van der Waals surface area contributed by atoms with Crippen molar-refractivity contribution in [2.24, 2.45) is 5.92 Å². The van der Waals surface area contributed by atoms with E-state index >= 15 is 0 Å². The summed E-state index contributed by atoms with van der Waals surface area (Å²) in [5.41, 5.74) is 2.01. The van der Waals surface area contributed by atoms with E-state index in [2.05, 4.69) is 28.1 Å². The summed E-state index contributed by atoms with van der Waals surface area (Å²) in [6.07, 6.45) is 3.23. The molecular weight excluding hydrogens is 622 g/mol. The molecule has 1 atom stereocenters. The zero-order valence-electron chi connectivity index (χ0n) is 27.9. The van der Waals surface area contributed by atoms with E-state index in [0.29, 0.717) is 50.0 Å². The third kappa shape index (κ3) is 7.73. The maximum atomic E-state index is 13.8. The average Bonchev–Trinajstić information content (AvgIpc) is 3.08. The first-order valence-corrected chi connectivity index (χ1v) is 17.9. The minimum Gasteiger partial charge on any atom is -0.493 e. The van der Waals surface area contributed by atoms with Crippen LogP contribution in [0.15, 0.2) is 41.3 Å². The van der Waals surface area contributed by atoms with Gasteiger partial charge in [0, 0.05) is 81.1 Å². The van der Waals surface area contributed by atoms with Crippen molar-refractivity contribution >= 4 is 38.4 Å². The monoisotopic (exact) mass is 667 g/mol. The standard InChI is InChI=1S/C34H45N5O7S/c1-6-37-15-16-38(34(41)24-10-7-11-26(17-24)47(5,42)43)14-12-30(40)35-20-23-9-8-13-39(21-23)33-25(22-37)18-27-28(36-33)19-29(44-2)32(46-4)31(27)45-3/h7,10-11,17-19,23H,6,8-9,12-16,20-22H2,1-5H3,(H,35,40). The molecule has 0 saturated carbocycles. The van der Waals surface area contributed by atoms with Crippen molar-refractivity contribution in [2.75, 3.05) is 78.3 Å². The van der Waals surface area contributed by atoms with Crippen LogP contribution in [0.2, 0.25) is 0 Å². The van der Waals surface area contributed by atoms with Crippen molar-refractivity contribution < 1.29 is 32.2 Å². The minimum atomic E-state index is -3.50. The van der Waals surface area contributed by atoms with Crippen LogP contribution in [-0.4, -0.2) is 108 Å². The van der Waals surface area contributed by atoms with Crippen LogP contribution in [0.3, 0.4) is 0 Å². The molecule has 0 aliphatic carbocycles. The number of likely N-dealkylation sites (N-methyl/N-ethyl adjacent to an activating group) is 1. The molecule has 0 radical (unpaired) electrons. The molecule has 47 heavy (non-hydrogen) atoms. The molecule has 5 rings (SSSR count). The summed E-state index contributed by atoms with van der Waals surface area (Å²) in [7, 11) is 1.27. The van der Waals surface area contributed by atoms with Gasteiger partial charge in [-0.1, -0.05) is 13.0 Å². The molecule has 1 N–H and O–H groups in total. The Morgan fingerprint density at radius 3 is 2.51 bits per heavy atom. The van der Waals surface area contributed by atoms with Gasteiger partial charge < -0.3 is 29.3 Å². The van der Waals surface area contributed by atoms with E-state index in [-0.39, 0.29) is 41.2 Å². The summed E-state index contributed by atoms with van der Waals surface area (Å²) in [4.78, 5) is 38.3. The van der Waals surface area contributed by atoms with Gasteiger partial charge in [-0.15, -0.1) is 0 Å². The average molecular weight is 668 g/mol. The molecule has 3 heterocycles. The molecule has 2 amide bonds. The fourth-order valence-corrected chi connectivity index (χ4v) is 7.10. The molecule has 2 aliphatic heterocycles. The number of amides is 2. The predicted octanol–water partition coefficient (Wildman–Crippen LogP) is 3.36. The van der Waals surface area contributed by atoms with Crippen molar-refractivity contribution in [2.45, 2.75) is 37.6 Å². The van der Waals surface area contributed by atoms with Gasteiger partial charge in [-0.05, 0) is 49.6 Å². The Labute approximate surface area is 276 Å². The number of nitrogens with one attached hydrogen (secondary N) is 1. The summed E-state index contributed by atoms with van der Waals surface area (Å²) in [5.74, 6) is 2.25. The van der Waals surface area contributed by atoms with Crippen molar-refractivity contribution in [3.05, 3.63) is 47.5 Å². The Kier molecular flexibility index (Phi) is 10.8. The number of sulfone groups is 1. The molecule has 2 aliphatic rings. The SMILES string of the molecule is CCN1CCN(C(=O)c2cccc(S(C)(=O)=O)c2)CCC(=O)NCC2CCCN(C2)c2nc3cc(OC)c(OC)c(OC)c3cc2C1. The quantitative estimate of drug-likeness (QED) is 0.418. The van der Waals surface area contributed by atoms with Crippen LogP contribution >= 0.6 is 0 Å². The zero-order valence-corrected chi connectivity index (χ0v) is 28.7. The van der Waals surface area contributed by atoms with Gasteiger partial charge in [0.2, 0.25) is 11.7 Å². The van der Waals surface area contributed by atoms with E-state index in [0.717, 1.165) is 54.5 Å². The highest BCUT2D eigenvalue weighted by molar-refractivity contribution is 7.90. The molecule has 0 spiro atoms. The van der Waals surface area contributed by atoms with Crippen LogP contribution in [0.5, 0.6) is 17.2 Å². The number of ether oxygens (including phenoxy) is 3. The van der Waals surface area contributed by atoms with E-state index < -0.39 is 9.84 Å². The number of anilines is 1. The first-order chi connectivity index (χ1) is 22.6.